The van der Waals surface area contributed by atoms with Crippen LogP contribution < -0.4 is 33.2 Å². The van der Waals surface area contributed by atoms with E-state index in [9.17, 15) is 29.1 Å². The number of amides is 4. The van der Waals surface area contributed by atoms with Gasteiger partial charge in [0.1, 0.15) is 18.1 Å². The van der Waals surface area contributed by atoms with Crippen LogP contribution >= 0.6 is 0 Å². The van der Waals surface area contributed by atoms with E-state index in [1.54, 1.807) is 36.5 Å². The molecule has 1 aromatic heterocycles. The van der Waals surface area contributed by atoms with Crippen molar-refractivity contribution in [2.24, 2.45) is 17.2 Å². The maximum absolute atomic E-state index is 13.6. The molecule has 236 valence electrons. The lowest BCUT2D eigenvalue weighted by Gasteiger charge is -2.25. The van der Waals surface area contributed by atoms with Gasteiger partial charge in [-0.3, -0.25) is 19.2 Å². The number of nitrogens with two attached hydrogens (primary N) is 3. The topological polar surface area (TPSA) is 236 Å². The van der Waals surface area contributed by atoms with Crippen molar-refractivity contribution >= 4 is 40.5 Å². The third-order valence-corrected chi connectivity index (χ3v) is 7.25. The summed E-state index contributed by atoms with van der Waals surface area (Å²) in [6.45, 7) is 0.379. The number of primary amides is 1. The molecule has 0 spiro atoms. The summed E-state index contributed by atoms with van der Waals surface area (Å²) in [5.41, 5.74) is 19.0. The first-order valence-corrected chi connectivity index (χ1v) is 14.6. The van der Waals surface area contributed by atoms with Crippen LogP contribution in [-0.2, 0) is 36.8 Å². The van der Waals surface area contributed by atoms with Gasteiger partial charge in [0.15, 0.2) is 0 Å². The van der Waals surface area contributed by atoms with E-state index in [2.05, 4.69) is 20.9 Å². The monoisotopic (exact) mass is 607 g/mol. The summed E-state index contributed by atoms with van der Waals surface area (Å²) in [4.78, 5) is 66.4. The SMILES string of the molecule is NCCCCC(NC(=O)C(N)CCC(N)=O)C(=O)NC(Cc1c[nH]c2ccccc12)C(=O)NC(Cc1ccccc1)C(=O)O. The standard InChI is InChI=1S/C31H41N7O6/c32-15-7-6-12-24(36-28(40)22(33)13-14-27(34)39)29(41)37-25(17-20-18-35-23-11-5-4-10-21(20)23)30(42)38-26(31(43)44)16-19-8-2-1-3-9-19/h1-5,8-11,18,22,24-26,35H,6-7,12-17,32-33H2,(H2,34,39)(H,36,40)(H,37,41)(H,38,42)(H,43,44). The van der Waals surface area contributed by atoms with Gasteiger partial charge in [0.05, 0.1) is 6.04 Å². The third kappa shape index (κ3) is 10.2. The Balaban J connectivity index is 1.84. The summed E-state index contributed by atoms with van der Waals surface area (Å²) >= 11 is 0. The van der Waals surface area contributed by atoms with Crippen LogP contribution in [0.2, 0.25) is 0 Å². The van der Waals surface area contributed by atoms with Crippen molar-refractivity contribution in [1.29, 1.82) is 0 Å². The molecule has 0 radical (unpaired) electrons. The van der Waals surface area contributed by atoms with Crippen LogP contribution in [-0.4, -0.2) is 70.4 Å². The number of benzene rings is 2. The lowest BCUT2D eigenvalue weighted by molar-refractivity contribution is -0.142. The fraction of sp³-hybridized carbons (Fsp3) is 0.387. The third-order valence-electron chi connectivity index (χ3n) is 7.25. The van der Waals surface area contributed by atoms with Crippen molar-refractivity contribution in [3.63, 3.8) is 0 Å². The van der Waals surface area contributed by atoms with Gasteiger partial charge in [-0.2, -0.15) is 0 Å². The Morgan fingerprint density at radius 3 is 2.09 bits per heavy atom. The Morgan fingerprint density at radius 1 is 0.773 bits per heavy atom. The van der Waals surface area contributed by atoms with Crippen LogP contribution in [0, 0.1) is 0 Å². The van der Waals surface area contributed by atoms with Gasteiger partial charge in [-0.15, -0.1) is 0 Å². The van der Waals surface area contributed by atoms with E-state index >= 15 is 0 Å². The van der Waals surface area contributed by atoms with E-state index in [-0.39, 0.29) is 32.1 Å². The van der Waals surface area contributed by atoms with Gasteiger partial charge in [0.25, 0.3) is 0 Å². The van der Waals surface area contributed by atoms with E-state index < -0.39 is 53.8 Å². The average molecular weight is 608 g/mol. The maximum atomic E-state index is 13.6. The zero-order valence-corrected chi connectivity index (χ0v) is 24.5. The van der Waals surface area contributed by atoms with Gasteiger partial charge >= 0.3 is 5.97 Å². The van der Waals surface area contributed by atoms with Crippen LogP contribution in [0.15, 0.2) is 60.8 Å². The number of para-hydroxylation sites is 1. The molecule has 3 rings (SSSR count). The second-order valence-electron chi connectivity index (χ2n) is 10.7. The number of aliphatic carboxylic acids is 1. The number of carboxylic acids is 1. The van der Waals surface area contributed by atoms with Gasteiger partial charge in [0.2, 0.25) is 23.6 Å². The van der Waals surface area contributed by atoms with Gasteiger partial charge in [-0.1, -0.05) is 48.5 Å². The molecule has 44 heavy (non-hydrogen) atoms. The van der Waals surface area contributed by atoms with Crippen LogP contribution in [0.4, 0.5) is 0 Å². The quantitative estimate of drug-likeness (QED) is 0.0929. The van der Waals surface area contributed by atoms with Crippen LogP contribution in [0.25, 0.3) is 10.9 Å². The molecule has 11 N–H and O–H groups in total. The average Bonchev–Trinajstić information content (AvgIpc) is 3.41. The number of H-pyrrole nitrogens is 1. The summed E-state index contributed by atoms with van der Waals surface area (Å²) in [5.74, 6) is -3.82. The number of hydrogen-bond donors (Lipinski definition) is 8. The molecule has 4 atom stereocenters. The number of hydrogen-bond acceptors (Lipinski definition) is 7. The second-order valence-corrected chi connectivity index (χ2v) is 10.7. The zero-order chi connectivity index (χ0) is 32.1. The lowest BCUT2D eigenvalue weighted by Crippen LogP contribution is -2.57. The number of carbonyl (C=O) groups is 5. The maximum Gasteiger partial charge on any atom is 0.326 e. The number of carboxylic acid groups (broad SMARTS) is 1. The van der Waals surface area contributed by atoms with E-state index in [1.165, 1.54) is 0 Å². The molecule has 4 unspecified atom stereocenters. The Morgan fingerprint density at radius 2 is 1.41 bits per heavy atom. The summed E-state index contributed by atoms with van der Waals surface area (Å²) in [6.07, 6.45) is 3.02. The number of aromatic amines is 1. The van der Waals surface area contributed by atoms with Gasteiger partial charge in [-0.05, 0) is 49.4 Å². The minimum atomic E-state index is -1.25. The molecular formula is C31H41N7O6. The fourth-order valence-corrected chi connectivity index (χ4v) is 4.79. The molecular weight excluding hydrogens is 566 g/mol. The van der Waals surface area contributed by atoms with Crippen molar-refractivity contribution in [3.05, 3.63) is 71.9 Å². The Bertz CT molecular complexity index is 1430. The lowest BCUT2D eigenvalue weighted by atomic mass is 10.0. The summed E-state index contributed by atoms with van der Waals surface area (Å²) in [7, 11) is 0. The minimum Gasteiger partial charge on any atom is -0.480 e. The van der Waals surface area contributed by atoms with E-state index in [0.29, 0.717) is 24.9 Å². The highest BCUT2D eigenvalue weighted by Crippen LogP contribution is 2.19. The van der Waals surface area contributed by atoms with Gasteiger partial charge in [0, 0.05) is 36.4 Å². The fourth-order valence-electron chi connectivity index (χ4n) is 4.79. The number of unbranched alkanes of at least 4 members (excludes halogenated alkanes) is 1. The molecule has 13 nitrogen and oxygen atoms in total. The molecule has 0 bridgehead atoms. The molecule has 0 saturated carbocycles. The summed E-state index contributed by atoms with van der Waals surface area (Å²) in [6, 6.07) is 11.7. The van der Waals surface area contributed by atoms with Crippen molar-refractivity contribution in [3.8, 4) is 0 Å². The summed E-state index contributed by atoms with van der Waals surface area (Å²) < 4.78 is 0. The molecule has 0 aliphatic carbocycles. The second kappa shape index (κ2) is 16.8. The first-order valence-electron chi connectivity index (χ1n) is 14.6. The molecule has 2 aromatic carbocycles. The molecule has 1 heterocycles. The number of aromatic nitrogens is 1. The highest BCUT2D eigenvalue weighted by molar-refractivity contribution is 5.95. The van der Waals surface area contributed by atoms with E-state index in [1.807, 2.05) is 24.3 Å². The molecule has 0 aliphatic rings. The predicted molar refractivity (Wildman–Crippen MR) is 165 cm³/mol. The van der Waals surface area contributed by atoms with Crippen molar-refractivity contribution < 1.29 is 29.1 Å². The molecule has 13 heteroatoms. The predicted octanol–water partition coefficient (Wildman–Crippen LogP) is 0.214. The normalized spacial score (nSPS) is 13.8. The zero-order valence-electron chi connectivity index (χ0n) is 24.5. The first kappa shape index (κ1) is 33.7. The Kier molecular flexibility index (Phi) is 12.9. The molecule has 0 fully saturated rings. The molecule has 0 aliphatic heterocycles. The number of nitrogens with one attached hydrogen (secondary N) is 4. The van der Waals surface area contributed by atoms with Crippen molar-refractivity contribution in [1.82, 2.24) is 20.9 Å². The molecule has 4 amide bonds. The highest BCUT2D eigenvalue weighted by atomic mass is 16.4. The number of fused-ring (bicyclic) bond motifs is 1. The van der Waals surface area contributed by atoms with Gasteiger partial charge in [-0.25, -0.2) is 4.79 Å². The number of carbonyl (C=O) groups excluding carboxylic acids is 4. The minimum absolute atomic E-state index is 0.00188. The number of rotatable bonds is 18. The van der Waals surface area contributed by atoms with E-state index in [4.69, 9.17) is 17.2 Å². The van der Waals surface area contributed by atoms with Crippen molar-refractivity contribution in [2.75, 3.05) is 6.54 Å². The Hall–Kier alpha value is -4.75. The smallest absolute Gasteiger partial charge is 0.326 e. The van der Waals surface area contributed by atoms with Crippen LogP contribution in [0.1, 0.15) is 43.2 Å². The van der Waals surface area contributed by atoms with Crippen LogP contribution in [0.3, 0.4) is 0 Å². The summed E-state index contributed by atoms with van der Waals surface area (Å²) in [5, 5.41) is 18.6. The van der Waals surface area contributed by atoms with E-state index in [0.717, 1.165) is 16.5 Å². The highest BCUT2D eigenvalue weighted by Gasteiger charge is 2.31. The first-order chi connectivity index (χ1) is 21.1. The molecule has 0 saturated heterocycles. The largest absolute Gasteiger partial charge is 0.480 e. The van der Waals surface area contributed by atoms with Crippen LogP contribution in [0.5, 0.6) is 0 Å². The van der Waals surface area contributed by atoms with Crippen molar-refractivity contribution in [2.45, 2.75) is 69.1 Å². The molecule has 3 aromatic rings. The Labute approximate surface area is 255 Å². The van der Waals surface area contributed by atoms with Gasteiger partial charge < -0.3 is 43.2 Å².